The third kappa shape index (κ3) is 2.08. The molecule has 19 heavy (non-hydrogen) atoms. The quantitative estimate of drug-likeness (QED) is 0.699. The van der Waals surface area contributed by atoms with E-state index in [-0.39, 0.29) is 11.3 Å². The van der Waals surface area contributed by atoms with Gasteiger partial charge in [0, 0.05) is 5.56 Å². The zero-order valence-electron chi connectivity index (χ0n) is 10.3. The van der Waals surface area contributed by atoms with Gasteiger partial charge in [-0.25, -0.2) is 4.98 Å². The number of nitrogens with zero attached hydrogens (tertiary/aromatic N) is 1. The summed E-state index contributed by atoms with van der Waals surface area (Å²) in [6.45, 7) is 1.93. The first-order valence-corrected chi connectivity index (χ1v) is 5.93. The lowest BCUT2D eigenvalue weighted by Crippen LogP contribution is -2.09. The molecule has 3 aromatic rings. The zero-order chi connectivity index (χ0) is 13.4. The first-order chi connectivity index (χ1) is 9.13. The van der Waals surface area contributed by atoms with Gasteiger partial charge >= 0.3 is 0 Å². The van der Waals surface area contributed by atoms with Crippen molar-refractivity contribution in [3.05, 3.63) is 58.4 Å². The van der Waals surface area contributed by atoms with E-state index in [1.807, 2.05) is 25.1 Å². The van der Waals surface area contributed by atoms with Crippen molar-refractivity contribution < 1.29 is 5.11 Å². The Kier molecular flexibility index (Phi) is 2.56. The van der Waals surface area contributed by atoms with E-state index in [4.69, 9.17) is 0 Å². The van der Waals surface area contributed by atoms with Crippen molar-refractivity contribution in [2.45, 2.75) is 6.92 Å². The average molecular weight is 252 g/mol. The zero-order valence-corrected chi connectivity index (χ0v) is 10.3. The smallest absolute Gasteiger partial charge is 0.259 e. The Labute approximate surface area is 109 Å². The van der Waals surface area contributed by atoms with Crippen LogP contribution >= 0.6 is 0 Å². The number of H-pyrrole nitrogens is 1. The van der Waals surface area contributed by atoms with Gasteiger partial charge in [0.1, 0.15) is 11.6 Å². The maximum Gasteiger partial charge on any atom is 0.259 e. The number of nitrogens with one attached hydrogen (secondary N) is 1. The van der Waals surface area contributed by atoms with E-state index in [2.05, 4.69) is 9.97 Å². The highest BCUT2D eigenvalue weighted by Crippen LogP contribution is 2.20. The fourth-order valence-corrected chi connectivity index (χ4v) is 2.04. The molecule has 0 aliphatic rings. The minimum absolute atomic E-state index is 0.143. The fraction of sp³-hybridized carbons (Fsp3) is 0.0667. The Morgan fingerprint density at radius 2 is 2.00 bits per heavy atom. The van der Waals surface area contributed by atoms with Crippen LogP contribution in [-0.2, 0) is 0 Å². The molecule has 94 valence electrons. The number of aromatic nitrogens is 2. The molecule has 0 fully saturated rings. The monoisotopic (exact) mass is 252 g/mol. The summed E-state index contributed by atoms with van der Waals surface area (Å²) in [6, 6.07) is 12.2. The molecule has 0 unspecified atom stereocenters. The third-order valence-corrected chi connectivity index (χ3v) is 2.98. The van der Waals surface area contributed by atoms with E-state index in [0.29, 0.717) is 22.3 Å². The van der Waals surface area contributed by atoms with Crippen LogP contribution in [0.5, 0.6) is 5.75 Å². The molecule has 1 heterocycles. The number of aromatic amines is 1. The van der Waals surface area contributed by atoms with Crippen LogP contribution in [0.4, 0.5) is 0 Å². The summed E-state index contributed by atoms with van der Waals surface area (Å²) in [7, 11) is 0. The molecular weight excluding hydrogens is 240 g/mol. The van der Waals surface area contributed by atoms with Crippen LogP contribution in [-0.4, -0.2) is 15.1 Å². The van der Waals surface area contributed by atoms with Crippen molar-refractivity contribution in [2.75, 3.05) is 0 Å². The maximum absolute atomic E-state index is 12.1. The molecule has 1 aromatic heterocycles. The largest absolute Gasteiger partial charge is 0.508 e. The number of phenols is 1. The molecule has 0 aliphatic heterocycles. The second-order valence-corrected chi connectivity index (χ2v) is 4.49. The molecule has 0 spiro atoms. The highest BCUT2D eigenvalue weighted by atomic mass is 16.3. The van der Waals surface area contributed by atoms with Crippen molar-refractivity contribution in [3.8, 4) is 17.1 Å². The highest BCUT2D eigenvalue weighted by Gasteiger charge is 2.06. The number of hydrogen-bond acceptors (Lipinski definition) is 3. The molecule has 0 aliphatic carbocycles. The molecule has 2 aromatic carbocycles. The van der Waals surface area contributed by atoms with Crippen LogP contribution in [0.2, 0.25) is 0 Å². The Balaban J connectivity index is 2.27. The number of aromatic hydroxyl groups is 1. The molecule has 0 atom stereocenters. The van der Waals surface area contributed by atoms with Gasteiger partial charge < -0.3 is 10.1 Å². The SMILES string of the molecule is Cc1ccc2nc(-c3cccc(O)c3)[nH]c(=O)c2c1. The van der Waals surface area contributed by atoms with E-state index in [1.165, 1.54) is 0 Å². The number of fused-ring (bicyclic) bond motifs is 1. The van der Waals surface area contributed by atoms with Gasteiger partial charge in [0.2, 0.25) is 0 Å². The first-order valence-electron chi connectivity index (χ1n) is 5.93. The van der Waals surface area contributed by atoms with Crippen LogP contribution < -0.4 is 5.56 Å². The van der Waals surface area contributed by atoms with Crippen LogP contribution in [0.25, 0.3) is 22.3 Å². The van der Waals surface area contributed by atoms with Gasteiger partial charge in [-0.05, 0) is 31.2 Å². The second-order valence-electron chi connectivity index (χ2n) is 4.49. The minimum atomic E-state index is -0.174. The summed E-state index contributed by atoms with van der Waals surface area (Å²) in [6.07, 6.45) is 0. The van der Waals surface area contributed by atoms with Gasteiger partial charge in [-0.15, -0.1) is 0 Å². The van der Waals surface area contributed by atoms with Crippen molar-refractivity contribution in [3.63, 3.8) is 0 Å². The van der Waals surface area contributed by atoms with Crippen molar-refractivity contribution in [1.82, 2.24) is 9.97 Å². The molecule has 0 radical (unpaired) electrons. The molecule has 0 bridgehead atoms. The number of aryl methyl sites for hydroxylation is 1. The Bertz CT molecular complexity index is 822. The normalized spacial score (nSPS) is 10.8. The van der Waals surface area contributed by atoms with Gasteiger partial charge in [-0.2, -0.15) is 0 Å². The van der Waals surface area contributed by atoms with Gasteiger partial charge in [0.05, 0.1) is 10.9 Å². The summed E-state index contributed by atoms with van der Waals surface area (Å²) in [5.41, 5.74) is 2.17. The number of phenolic OH excluding ortho intramolecular Hbond substituents is 1. The summed E-state index contributed by atoms with van der Waals surface area (Å²) in [5.74, 6) is 0.599. The molecule has 4 nitrogen and oxygen atoms in total. The highest BCUT2D eigenvalue weighted by molar-refractivity contribution is 5.80. The van der Waals surface area contributed by atoms with E-state index < -0.39 is 0 Å². The molecule has 4 heteroatoms. The topological polar surface area (TPSA) is 66.0 Å². The fourth-order valence-electron chi connectivity index (χ4n) is 2.04. The van der Waals surface area contributed by atoms with E-state index in [9.17, 15) is 9.90 Å². The molecule has 0 amide bonds. The second kappa shape index (κ2) is 4.24. The summed E-state index contributed by atoms with van der Waals surface area (Å²) in [4.78, 5) is 19.2. The van der Waals surface area contributed by atoms with Crippen LogP contribution in [0.15, 0.2) is 47.3 Å². The van der Waals surface area contributed by atoms with Gasteiger partial charge in [-0.1, -0.05) is 23.8 Å². The predicted octanol–water partition coefficient (Wildman–Crippen LogP) is 2.60. The van der Waals surface area contributed by atoms with Crippen molar-refractivity contribution in [2.24, 2.45) is 0 Å². The molecular formula is C15H12N2O2. The number of hydrogen-bond donors (Lipinski definition) is 2. The van der Waals surface area contributed by atoms with Crippen LogP contribution in [0, 0.1) is 6.92 Å². The average Bonchev–Trinajstić information content (AvgIpc) is 2.39. The lowest BCUT2D eigenvalue weighted by atomic mass is 10.1. The summed E-state index contributed by atoms with van der Waals surface area (Å²) >= 11 is 0. The third-order valence-electron chi connectivity index (χ3n) is 2.98. The molecule has 3 rings (SSSR count). The van der Waals surface area contributed by atoms with Gasteiger partial charge in [0.15, 0.2) is 0 Å². The summed E-state index contributed by atoms with van der Waals surface area (Å²) < 4.78 is 0. The lowest BCUT2D eigenvalue weighted by Gasteiger charge is -2.04. The van der Waals surface area contributed by atoms with E-state index >= 15 is 0 Å². The summed E-state index contributed by atoms with van der Waals surface area (Å²) in [5, 5.41) is 10.0. The Hall–Kier alpha value is -2.62. The molecule has 2 N–H and O–H groups in total. The molecule has 0 saturated carbocycles. The van der Waals surface area contributed by atoms with Crippen molar-refractivity contribution in [1.29, 1.82) is 0 Å². The van der Waals surface area contributed by atoms with E-state index in [0.717, 1.165) is 5.56 Å². The van der Waals surface area contributed by atoms with E-state index in [1.54, 1.807) is 24.3 Å². The molecule has 0 saturated heterocycles. The lowest BCUT2D eigenvalue weighted by molar-refractivity contribution is 0.475. The maximum atomic E-state index is 12.1. The number of benzene rings is 2. The van der Waals surface area contributed by atoms with Gasteiger partial charge in [-0.3, -0.25) is 4.79 Å². The number of rotatable bonds is 1. The van der Waals surface area contributed by atoms with Gasteiger partial charge in [0.25, 0.3) is 5.56 Å². The Morgan fingerprint density at radius 1 is 1.16 bits per heavy atom. The van der Waals surface area contributed by atoms with Crippen molar-refractivity contribution >= 4 is 10.9 Å². The van der Waals surface area contributed by atoms with Crippen LogP contribution in [0.3, 0.4) is 0 Å². The predicted molar refractivity (Wildman–Crippen MR) is 74.2 cm³/mol. The standard InChI is InChI=1S/C15H12N2O2/c1-9-5-6-13-12(7-9)15(19)17-14(16-13)10-3-2-4-11(18)8-10/h2-8,18H,1H3,(H,16,17,19). The van der Waals surface area contributed by atoms with Crippen LogP contribution in [0.1, 0.15) is 5.56 Å². The minimum Gasteiger partial charge on any atom is -0.508 e. The first kappa shape index (κ1) is 11.5. The Morgan fingerprint density at radius 3 is 2.79 bits per heavy atom.